The van der Waals surface area contributed by atoms with E-state index in [2.05, 4.69) is 14.9 Å². The lowest BCUT2D eigenvalue weighted by Gasteiger charge is -2.24. The summed E-state index contributed by atoms with van der Waals surface area (Å²) >= 11 is 0. The zero-order valence-electron chi connectivity index (χ0n) is 10.3. The molecule has 0 spiro atoms. The molecule has 108 valence electrons. The highest BCUT2D eigenvalue weighted by molar-refractivity contribution is 5.70. The van der Waals surface area contributed by atoms with Crippen LogP contribution in [0, 0.1) is 0 Å². The monoisotopic (exact) mass is 282 g/mol. The minimum atomic E-state index is -4.91. The average Bonchev–Trinajstić information content (AvgIpc) is 2.72. The van der Waals surface area contributed by atoms with Gasteiger partial charge in [-0.2, -0.15) is 13.2 Å². The molecular weight excluding hydrogens is 269 g/mol. The zero-order chi connectivity index (χ0) is 14.7. The molecule has 0 bridgehead atoms. The van der Waals surface area contributed by atoms with Crippen molar-refractivity contribution in [1.29, 1.82) is 0 Å². The molecule has 1 aromatic heterocycles. The van der Waals surface area contributed by atoms with Gasteiger partial charge in [0.1, 0.15) is 0 Å². The van der Waals surface area contributed by atoms with Crippen molar-refractivity contribution in [3.63, 3.8) is 0 Å². The van der Waals surface area contributed by atoms with Gasteiger partial charge in [-0.15, -0.1) is 10.2 Å². The van der Waals surface area contributed by atoms with Crippen LogP contribution in [0.2, 0.25) is 0 Å². The number of hydrogen-bond donors (Lipinski definition) is 1. The highest BCUT2D eigenvalue weighted by atomic mass is 19.4. The van der Waals surface area contributed by atoms with Gasteiger partial charge in [0.2, 0.25) is 5.89 Å². The quantitative estimate of drug-likeness (QED) is 0.821. The van der Waals surface area contributed by atoms with Crippen LogP contribution in [0.4, 0.5) is 13.2 Å². The molecule has 0 fully saturated rings. The highest BCUT2D eigenvalue weighted by Crippen LogP contribution is 2.32. The third-order valence-electron chi connectivity index (χ3n) is 2.27. The topological polar surface area (TPSA) is 85.5 Å². The number of aromatic nitrogens is 2. The summed E-state index contributed by atoms with van der Waals surface area (Å²) in [5.74, 6) is -0.899. The summed E-state index contributed by atoms with van der Waals surface area (Å²) in [5, 5.41) is 16.2. The summed E-state index contributed by atoms with van der Waals surface area (Å²) in [5.41, 5.74) is -3.13. The largest absolute Gasteiger partial charge is 0.456 e. The summed E-state index contributed by atoms with van der Waals surface area (Å²) in [7, 11) is 0. The average molecular weight is 282 g/mol. The predicted molar refractivity (Wildman–Crippen MR) is 54.8 cm³/mol. The smallest absolute Gasteiger partial charge is 0.417 e. The zero-order valence-corrected chi connectivity index (χ0v) is 10.3. The van der Waals surface area contributed by atoms with E-state index in [1.165, 1.54) is 0 Å². The highest BCUT2D eigenvalue weighted by Gasteiger charge is 2.51. The first-order chi connectivity index (χ1) is 8.65. The standard InChI is InChI=1S/C10H13F3N2O4/c1-3-6-14-15-7(19-6)5-18-8(16)4-9(2,17)10(11,12)13/h17H,3-5H2,1-2H3/t9-/m0/s1. The Balaban J connectivity index is 2.48. The van der Waals surface area contributed by atoms with Crippen LogP contribution in [-0.4, -0.2) is 33.1 Å². The van der Waals surface area contributed by atoms with E-state index in [-0.39, 0.29) is 5.89 Å². The Hall–Kier alpha value is -1.64. The molecule has 1 heterocycles. The van der Waals surface area contributed by atoms with Crippen molar-refractivity contribution in [2.45, 2.75) is 45.1 Å². The lowest BCUT2D eigenvalue weighted by Crippen LogP contribution is -2.44. The first-order valence-electron chi connectivity index (χ1n) is 5.41. The fourth-order valence-corrected chi connectivity index (χ4v) is 1.06. The van der Waals surface area contributed by atoms with Gasteiger partial charge < -0.3 is 14.3 Å². The van der Waals surface area contributed by atoms with Crippen LogP contribution in [0.3, 0.4) is 0 Å². The summed E-state index contributed by atoms with van der Waals surface area (Å²) in [6, 6.07) is 0. The lowest BCUT2D eigenvalue weighted by atomic mass is 10.0. The van der Waals surface area contributed by atoms with Crippen molar-refractivity contribution in [3.8, 4) is 0 Å². The molecule has 0 aliphatic rings. The Bertz CT molecular complexity index is 442. The number of nitrogens with zero attached hydrogens (tertiary/aromatic N) is 2. The summed E-state index contributed by atoms with van der Waals surface area (Å²) in [4.78, 5) is 11.2. The van der Waals surface area contributed by atoms with Crippen LogP contribution >= 0.6 is 0 Å². The Kier molecular flexibility index (Phi) is 4.51. The maximum atomic E-state index is 12.3. The molecule has 1 aromatic rings. The molecule has 1 rings (SSSR count). The van der Waals surface area contributed by atoms with Crippen LogP contribution in [-0.2, 0) is 22.6 Å². The van der Waals surface area contributed by atoms with Crippen molar-refractivity contribution < 1.29 is 32.2 Å². The number of alkyl halides is 3. The van der Waals surface area contributed by atoms with Crippen molar-refractivity contribution in [2.24, 2.45) is 0 Å². The Morgan fingerprint density at radius 2 is 1.95 bits per heavy atom. The molecule has 1 N–H and O–H groups in total. The molecule has 0 aliphatic carbocycles. The summed E-state index contributed by atoms with van der Waals surface area (Å²) in [6.07, 6.45) is -5.62. The van der Waals surface area contributed by atoms with Crippen molar-refractivity contribution in [3.05, 3.63) is 11.8 Å². The van der Waals surface area contributed by atoms with Gasteiger partial charge in [0, 0.05) is 6.42 Å². The molecule has 0 radical (unpaired) electrons. The molecule has 0 unspecified atom stereocenters. The molecule has 6 nitrogen and oxygen atoms in total. The van der Waals surface area contributed by atoms with E-state index in [1.54, 1.807) is 6.92 Å². The van der Waals surface area contributed by atoms with Gasteiger partial charge >= 0.3 is 12.1 Å². The number of carbonyl (C=O) groups is 1. The van der Waals surface area contributed by atoms with Crippen LogP contribution in [0.15, 0.2) is 4.42 Å². The maximum Gasteiger partial charge on any atom is 0.417 e. The molecule has 1 atom stereocenters. The number of halogens is 3. The van der Waals surface area contributed by atoms with Gasteiger partial charge in [-0.05, 0) is 6.92 Å². The van der Waals surface area contributed by atoms with E-state index in [4.69, 9.17) is 9.52 Å². The molecule has 0 aromatic carbocycles. The van der Waals surface area contributed by atoms with Gasteiger partial charge in [-0.25, -0.2) is 0 Å². The summed E-state index contributed by atoms with van der Waals surface area (Å²) in [6.45, 7) is 1.83. The number of esters is 1. The fraction of sp³-hybridized carbons (Fsp3) is 0.700. The van der Waals surface area contributed by atoms with Crippen LogP contribution in [0.5, 0.6) is 0 Å². The van der Waals surface area contributed by atoms with Gasteiger partial charge in [-0.1, -0.05) is 6.92 Å². The van der Waals surface area contributed by atoms with E-state index in [1.807, 2.05) is 0 Å². The van der Waals surface area contributed by atoms with Gasteiger partial charge in [0.25, 0.3) is 5.89 Å². The molecule has 0 saturated heterocycles. The third kappa shape index (κ3) is 4.19. The van der Waals surface area contributed by atoms with Crippen LogP contribution in [0.25, 0.3) is 0 Å². The number of ether oxygens (including phenoxy) is 1. The molecule has 9 heteroatoms. The second-order valence-electron chi connectivity index (χ2n) is 4.05. The third-order valence-corrected chi connectivity index (χ3v) is 2.27. The lowest BCUT2D eigenvalue weighted by molar-refractivity contribution is -0.256. The van der Waals surface area contributed by atoms with E-state index in [0.29, 0.717) is 19.2 Å². The minimum absolute atomic E-state index is 0.0168. The Labute approximate surface area is 106 Å². The van der Waals surface area contributed by atoms with Crippen LogP contribution in [0.1, 0.15) is 32.0 Å². The van der Waals surface area contributed by atoms with Crippen molar-refractivity contribution in [1.82, 2.24) is 10.2 Å². The minimum Gasteiger partial charge on any atom is -0.456 e. The summed E-state index contributed by atoms with van der Waals surface area (Å²) < 4.78 is 46.4. The van der Waals surface area contributed by atoms with Gasteiger partial charge in [-0.3, -0.25) is 4.79 Å². The predicted octanol–water partition coefficient (Wildman–Crippen LogP) is 1.38. The first-order valence-corrected chi connectivity index (χ1v) is 5.41. The molecule has 0 aliphatic heterocycles. The van der Waals surface area contributed by atoms with E-state index in [0.717, 1.165) is 0 Å². The molecule has 0 amide bonds. The second kappa shape index (κ2) is 5.55. The van der Waals surface area contributed by atoms with E-state index < -0.39 is 30.8 Å². The van der Waals surface area contributed by atoms with Crippen molar-refractivity contribution >= 4 is 5.97 Å². The first kappa shape index (κ1) is 15.4. The molecule has 19 heavy (non-hydrogen) atoms. The van der Waals surface area contributed by atoms with E-state index in [9.17, 15) is 18.0 Å². The number of hydrogen-bond acceptors (Lipinski definition) is 6. The van der Waals surface area contributed by atoms with Crippen molar-refractivity contribution in [2.75, 3.05) is 0 Å². The molecular formula is C10H13F3N2O4. The fourth-order valence-electron chi connectivity index (χ4n) is 1.06. The maximum absolute atomic E-state index is 12.3. The Morgan fingerprint density at radius 1 is 1.37 bits per heavy atom. The number of carbonyl (C=O) groups excluding carboxylic acids is 1. The Morgan fingerprint density at radius 3 is 2.42 bits per heavy atom. The van der Waals surface area contributed by atoms with E-state index >= 15 is 0 Å². The normalized spacial score (nSPS) is 15.1. The van der Waals surface area contributed by atoms with Gasteiger partial charge in [0.05, 0.1) is 6.42 Å². The van der Waals surface area contributed by atoms with Crippen LogP contribution < -0.4 is 0 Å². The second-order valence-corrected chi connectivity index (χ2v) is 4.05. The number of rotatable bonds is 5. The number of aliphatic hydroxyl groups is 1. The SMILES string of the molecule is CCc1nnc(COC(=O)C[C@](C)(O)C(F)(F)F)o1. The molecule has 0 saturated carbocycles. The number of aryl methyl sites for hydroxylation is 1. The van der Waals surface area contributed by atoms with Gasteiger partial charge in [0.15, 0.2) is 12.2 Å².